The van der Waals surface area contributed by atoms with Crippen molar-refractivity contribution in [2.75, 3.05) is 26.4 Å². The molecule has 0 radical (unpaired) electrons. The zero-order chi connectivity index (χ0) is 41.9. The number of Topliss-reactive ketones (excluding diaryl/α,β-unsaturated/α-hetero) is 2. The molecule has 0 saturated carbocycles. The zero-order valence-electron chi connectivity index (χ0n) is 35.3. The number of aliphatic hydroxyl groups is 1. The summed E-state index contributed by atoms with van der Waals surface area (Å²) < 4.78 is 26.6. The molecular weight excluding hydrogens is 732 g/mol. The Morgan fingerprint density at radius 1 is 1.00 bits per heavy atom. The first-order valence-electron chi connectivity index (χ1n) is 20.6. The molecule has 3 aliphatic rings. The van der Waals surface area contributed by atoms with Crippen molar-refractivity contribution in [3.8, 4) is 11.3 Å². The quantitative estimate of drug-likeness (QED) is 0.145. The van der Waals surface area contributed by atoms with Crippen LogP contribution in [0.2, 0.25) is 0 Å². The van der Waals surface area contributed by atoms with Gasteiger partial charge in [-0.25, -0.2) is 4.79 Å². The summed E-state index contributed by atoms with van der Waals surface area (Å²) in [4.78, 5) is 59.8. The van der Waals surface area contributed by atoms with E-state index in [4.69, 9.17) is 24.7 Å². The van der Waals surface area contributed by atoms with Gasteiger partial charge < -0.3 is 39.6 Å². The number of carbonyl (C=O) groups is 4. The summed E-state index contributed by atoms with van der Waals surface area (Å²) in [5, 5.41) is 19.9. The molecular formula is C42H64N6O9. The van der Waals surface area contributed by atoms with E-state index in [0.717, 1.165) is 5.56 Å². The fourth-order valence-electron chi connectivity index (χ4n) is 9.26. The van der Waals surface area contributed by atoms with E-state index >= 15 is 0 Å². The van der Waals surface area contributed by atoms with Gasteiger partial charge in [0, 0.05) is 48.1 Å². The number of hydrogen-bond acceptors (Lipinski definition) is 13. The number of anilines is 1. The SMILES string of the molecule is CC[C@H]1OC(=O)[C@H](C)C(=O)[C@H](C)[C@@H](O[C@@H]2O[C@H](C)C[C@H](N(C)C)[C@H]2O)[C@@H](C)C[C@@H](C)C(=O)[C@H](C)[C@H]2N(CCCCn3cc(-c4cccc(N)c4)nn3)C(=O)O[C@]12C. The van der Waals surface area contributed by atoms with E-state index in [1.807, 2.05) is 84.1 Å². The Labute approximate surface area is 336 Å². The Hall–Kier alpha value is -3.92. The number of ether oxygens (including phenoxy) is 4. The summed E-state index contributed by atoms with van der Waals surface area (Å²) in [6.45, 7) is 15.1. The fourth-order valence-corrected chi connectivity index (χ4v) is 9.26. The standard InChI is InChI=1S/C42H64N6O9/c1-11-33-42(8)38(48(41(53)57-42)18-13-12-17-47-22-31(44-45-47)29-15-14-16-30(43)21-29)27(6)34(49)23(2)19-24(3)37(26(5)35(50)28(7)39(52)55-33)56-40-36(51)32(46(9)10)20-25(4)54-40/h14-16,21-28,32-33,36-38,40,51H,11-13,17-20,43H2,1-10H3/t23-,24+,25-,26+,27+,28-,32+,33-,36-,37+,38-,40+,42-/m1/s1. The first kappa shape index (κ1) is 44.2. The molecule has 4 heterocycles. The largest absolute Gasteiger partial charge is 0.458 e. The minimum atomic E-state index is -1.38. The van der Waals surface area contributed by atoms with Gasteiger partial charge in [-0.3, -0.25) is 19.1 Å². The van der Waals surface area contributed by atoms with Crippen molar-refractivity contribution in [1.29, 1.82) is 0 Å². The van der Waals surface area contributed by atoms with Crippen molar-refractivity contribution in [2.24, 2.45) is 29.6 Å². The summed E-state index contributed by atoms with van der Waals surface area (Å²) in [6.07, 6.45) is -0.233. The predicted molar refractivity (Wildman–Crippen MR) is 212 cm³/mol. The van der Waals surface area contributed by atoms with Crippen LogP contribution >= 0.6 is 0 Å². The molecule has 15 nitrogen and oxygen atoms in total. The van der Waals surface area contributed by atoms with Crippen LogP contribution in [0.15, 0.2) is 30.5 Å². The van der Waals surface area contributed by atoms with Gasteiger partial charge in [0.1, 0.15) is 29.6 Å². The number of aromatic nitrogens is 3. The van der Waals surface area contributed by atoms with Crippen molar-refractivity contribution in [3.05, 3.63) is 30.5 Å². The Morgan fingerprint density at radius 3 is 2.37 bits per heavy atom. The summed E-state index contributed by atoms with van der Waals surface area (Å²) in [6, 6.07) is 6.44. The number of ketones is 2. The highest BCUT2D eigenvalue weighted by Gasteiger charge is 2.59. The summed E-state index contributed by atoms with van der Waals surface area (Å²) in [5.74, 6) is -4.75. The molecule has 0 aliphatic carbocycles. The second-order valence-corrected chi connectivity index (χ2v) is 17.1. The topological polar surface area (TPSA) is 189 Å². The first-order chi connectivity index (χ1) is 26.9. The number of cyclic esters (lactones) is 1. The number of rotatable bonds is 10. The highest BCUT2D eigenvalue weighted by Crippen LogP contribution is 2.42. The lowest BCUT2D eigenvalue weighted by Gasteiger charge is -2.44. The normalized spacial score (nSPS) is 35.8. The highest BCUT2D eigenvalue weighted by molar-refractivity contribution is 6.00. The molecule has 3 N–H and O–H groups in total. The van der Waals surface area contributed by atoms with Crippen LogP contribution in [0, 0.1) is 29.6 Å². The van der Waals surface area contributed by atoms with E-state index in [2.05, 4.69) is 10.3 Å². The van der Waals surface area contributed by atoms with Gasteiger partial charge in [0.05, 0.1) is 24.4 Å². The van der Waals surface area contributed by atoms with Crippen LogP contribution in [0.3, 0.4) is 0 Å². The van der Waals surface area contributed by atoms with Crippen molar-refractivity contribution in [1.82, 2.24) is 24.8 Å². The molecule has 0 spiro atoms. The average Bonchev–Trinajstić information content (AvgIpc) is 3.74. The van der Waals surface area contributed by atoms with Crippen LogP contribution in [0.25, 0.3) is 11.3 Å². The average molecular weight is 797 g/mol. The Bertz CT molecular complexity index is 1740. The number of fused-ring (bicyclic) bond motifs is 1. The van der Waals surface area contributed by atoms with Gasteiger partial charge in [-0.2, -0.15) is 0 Å². The monoisotopic (exact) mass is 796 g/mol. The summed E-state index contributed by atoms with van der Waals surface area (Å²) >= 11 is 0. The lowest BCUT2D eigenvalue weighted by molar-refractivity contribution is -0.278. The molecule has 3 aliphatic heterocycles. The van der Waals surface area contributed by atoms with Gasteiger partial charge in [-0.05, 0) is 85.0 Å². The smallest absolute Gasteiger partial charge is 0.410 e. The number of aliphatic hydroxyl groups excluding tert-OH is 1. The molecule has 0 unspecified atom stereocenters. The third-order valence-corrected chi connectivity index (χ3v) is 12.5. The number of esters is 1. The molecule has 3 saturated heterocycles. The first-order valence-corrected chi connectivity index (χ1v) is 20.6. The number of benzene rings is 1. The molecule has 15 heteroatoms. The van der Waals surface area contributed by atoms with E-state index in [0.29, 0.717) is 50.2 Å². The molecule has 1 aromatic carbocycles. The van der Waals surface area contributed by atoms with Crippen molar-refractivity contribution < 1.29 is 43.2 Å². The van der Waals surface area contributed by atoms with Gasteiger partial charge in [0.15, 0.2) is 17.7 Å². The second kappa shape index (κ2) is 18.3. The second-order valence-electron chi connectivity index (χ2n) is 17.1. The third-order valence-electron chi connectivity index (χ3n) is 12.5. The number of aryl methyl sites for hydroxylation is 1. The Balaban J connectivity index is 1.38. The molecule has 1 amide bonds. The third kappa shape index (κ3) is 9.53. The van der Waals surface area contributed by atoms with Crippen LogP contribution < -0.4 is 5.73 Å². The molecule has 1 aromatic heterocycles. The van der Waals surface area contributed by atoms with Crippen LogP contribution in [0.1, 0.15) is 87.5 Å². The number of likely N-dealkylation sites (N-methyl/N-ethyl adjacent to an activating group) is 1. The van der Waals surface area contributed by atoms with Crippen LogP contribution in [0.5, 0.6) is 0 Å². The molecule has 13 atom stereocenters. The maximum atomic E-state index is 14.5. The van der Waals surface area contributed by atoms with E-state index in [1.165, 1.54) is 6.92 Å². The molecule has 3 fully saturated rings. The van der Waals surface area contributed by atoms with Crippen LogP contribution in [0.4, 0.5) is 10.5 Å². The minimum Gasteiger partial charge on any atom is -0.458 e. The maximum absolute atomic E-state index is 14.5. The number of unbranched alkanes of at least 4 members (excludes halogenated alkanes) is 1. The van der Waals surface area contributed by atoms with Gasteiger partial charge in [0.25, 0.3) is 0 Å². The van der Waals surface area contributed by atoms with E-state index < -0.39 is 77.8 Å². The molecule has 5 rings (SSSR count). The van der Waals surface area contributed by atoms with Gasteiger partial charge in [0.2, 0.25) is 0 Å². The van der Waals surface area contributed by atoms with E-state index in [9.17, 15) is 24.3 Å². The van der Waals surface area contributed by atoms with Crippen molar-refractivity contribution >= 4 is 29.3 Å². The molecule has 57 heavy (non-hydrogen) atoms. The molecule has 0 bridgehead atoms. The lowest BCUT2D eigenvalue weighted by Crippen LogP contribution is -2.58. The molecule has 316 valence electrons. The summed E-state index contributed by atoms with van der Waals surface area (Å²) in [7, 11) is 3.77. The predicted octanol–water partition coefficient (Wildman–Crippen LogP) is 4.74. The van der Waals surface area contributed by atoms with Crippen LogP contribution in [-0.4, -0.2) is 123 Å². The Kier molecular flexibility index (Phi) is 14.2. The highest BCUT2D eigenvalue weighted by atomic mass is 16.7. The van der Waals surface area contributed by atoms with Gasteiger partial charge in [-0.1, -0.05) is 52.0 Å². The van der Waals surface area contributed by atoms with Crippen molar-refractivity contribution in [3.63, 3.8) is 0 Å². The number of hydrogen-bond donors (Lipinski definition) is 2. The number of nitrogens with two attached hydrogens (primary N) is 1. The molecule has 2 aromatic rings. The van der Waals surface area contributed by atoms with Crippen LogP contribution in [-0.2, 0) is 39.9 Å². The van der Waals surface area contributed by atoms with Gasteiger partial charge in [-0.15, -0.1) is 5.10 Å². The summed E-state index contributed by atoms with van der Waals surface area (Å²) in [5.41, 5.74) is 6.77. The fraction of sp³-hybridized carbons (Fsp3) is 0.714. The van der Waals surface area contributed by atoms with Gasteiger partial charge >= 0.3 is 12.1 Å². The number of carbonyl (C=O) groups excluding carboxylic acids is 4. The Morgan fingerprint density at radius 2 is 1.70 bits per heavy atom. The van der Waals surface area contributed by atoms with Crippen molar-refractivity contribution in [2.45, 2.75) is 142 Å². The maximum Gasteiger partial charge on any atom is 0.410 e. The number of amides is 1. The minimum absolute atomic E-state index is 0.0855. The zero-order valence-corrected chi connectivity index (χ0v) is 35.3. The van der Waals surface area contributed by atoms with E-state index in [1.54, 1.807) is 23.4 Å². The lowest BCUT2D eigenvalue weighted by atomic mass is 9.74. The number of nitrogens with zero attached hydrogens (tertiary/aromatic N) is 5. The van der Waals surface area contributed by atoms with E-state index in [-0.39, 0.29) is 30.3 Å². The number of nitrogen functional groups attached to an aromatic ring is 1.